The first-order chi connectivity index (χ1) is 15.4. The third-order valence-corrected chi connectivity index (χ3v) is 4.55. The molecule has 2 aromatic carbocycles. The highest BCUT2D eigenvalue weighted by molar-refractivity contribution is 6.06. The summed E-state index contributed by atoms with van der Waals surface area (Å²) >= 11 is 0. The Morgan fingerprint density at radius 3 is 2.53 bits per heavy atom. The maximum absolute atomic E-state index is 13.0. The van der Waals surface area contributed by atoms with Gasteiger partial charge in [-0.2, -0.15) is 13.2 Å². The van der Waals surface area contributed by atoms with Gasteiger partial charge in [0.05, 0.1) is 18.4 Å². The van der Waals surface area contributed by atoms with E-state index in [4.69, 9.17) is 4.74 Å². The molecule has 4 aromatic rings. The molecule has 162 valence electrons. The Hall–Kier alpha value is -4.21. The summed E-state index contributed by atoms with van der Waals surface area (Å²) in [5.74, 6) is -0.245. The molecule has 0 unspecified atom stereocenters. The number of pyridine rings is 1. The van der Waals surface area contributed by atoms with Crippen molar-refractivity contribution in [2.24, 2.45) is 0 Å². The minimum Gasteiger partial charge on any atom is -0.494 e. The third kappa shape index (κ3) is 4.15. The highest BCUT2D eigenvalue weighted by Crippen LogP contribution is 2.32. The summed E-state index contributed by atoms with van der Waals surface area (Å²) in [6.45, 7) is 0. The minimum atomic E-state index is -4.53. The molecule has 1 amide bonds. The summed E-state index contributed by atoms with van der Waals surface area (Å²) in [6, 6.07) is 16.5. The fraction of sp³-hybridized carbons (Fsp3) is 0.0909. The first-order valence-electron chi connectivity index (χ1n) is 9.37. The van der Waals surface area contributed by atoms with Crippen LogP contribution in [0.15, 0.2) is 72.9 Å². The second-order valence-corrected chi connectivity index (χ2v) is 6.62. The van der Waals surface area contributed by atoms with Crippen LogP contribution >= 0.6 is 0 Å². The molecule has 0 bridgehead atoms. The van der Waals surface area contributed by atoms with E-state index in [1.807, 2.05) is 0 Å². The molecular formula is C22H16F3N5O2. The van der Waals surface area contributed by atoms with Crippen LogP contribution in [0.1, 0.15) is 16.1 Å². The Bertz CT molecular complexity index is 1260. The number of carbonyl (C=O) groups is 1. The molecule has 2 aromatic heterocycles. The van der Waals surface area contributed by atoms with Gasteiger partial charge < -0.3 is 10.1 Å². The van der Waals surface area contributed by atoms with Crippen molar-refractivity contribution < 1.29 is 22.7 Å². The number of amides is 1. The molecule has 0 fully saturated rings. The Labute approximate surface area is 180 Å². The lowest BCUT2D eigenvalue weighted by Gasteiger charge is -2.12. The molecule has 7 nitrogen and oxygen atoms in total. The first-order valence-corrected chi connectivity index (χ1v) is 9.37. The summed E-state index contributed by atoms with van der Waals surface area (Å²) in [4.78, 5) is 17.3. The van der Waals surface area contributed by atoms with Gasteiger partial charge in [0.1, 0.15) is 17.1 Å². The fourth-order valence-electron chi connectivity index (χ4n) is 3.10. The Balaban J connectivity index is 1.78. The van der Waals surface area contributed by atoms with E-state index in [2.05, 4.69) is 20.6 Å². The third-order valence-electron chi connectivity index (χ3n) is 4.55. The van der Waals surface area contributed by atoms with E-state index in [1.54, 1.807) is 48.7 Å². The van der Waals surface area contributed by atoms with E-state index in [9.17, 15) is 18.0 Å². The van der Waals surface area contributed by atoms with Gasteiger partial charge in [-0.15, -0.1) is 5.10 Å². The van der Waals surface area contributed by atoms with Crippen LogP contribution in [0, 0.1) is 0 Å². The van der Waals surface area contributed by atoms with Crippen molar-refractivity contribution >= 4 is 11.6 Å². The average Bonchev–Trinajstić information content (AvgIpc) is 3.24. The van der Waals surface area contributed by atoms with Gasteiger partial charge in [-0.25, -0.2) is 4.68 Å². The van der Waals surface area contributed by atoms with Gasteiger partial charge in [0, 0.05) is 11.9 Å². The molecular weight excluding hydrogens is 423 g/mol. The van der Waals surface area contributed by atoms with Crippen LogP contribution in [0.3, 0.4) is 0 Å². The van der Waals surface area contributed by atoms with Crippen molar-refractivity contribution in [1.82, 2.24) is 20.0 Å². The smallest absolute Gasteiger partial charge is 0.416 e. The second kappa shape index (κ2) is 8.50. The monoisotopic (exact) mass is 439 g/mol. The van der Waals surface area contributed by atoms with Crippen LogP contribution in [0.2, 0.25) is 0 Å². The van der Waals surface area contributed by atoms with Crippen molar-refractivity contribution in [3.05, 3.63) is 84.2 Å². The van der Waals surface area contributed by atoms with Crippen LogP contribution in [-0.4, -0.2) is 33.0 Å². The summed E-state index contributed by atoms with van der Waals surface area (Å²) in [5.41, 5.74) is 0.173. The number of ether oxygens (including phenoxy) is 1. The van der Waals surface area contributed by atoms with Gasteiger partial charge in [-0.05, 0) is 42.5 Å². The minimum absolute atomic E-state index is 0.0244. The maximum atomic E-state index is 13.0. The zero-order valence-electron chi connectivity index (χ0n) is 16.7. The zero-order valence-corrected chi connectivity index (χ0v) is 16.7. The van der Waals surface area contributed by atoms with Crippen LogP contribution < -0.4 is 10.1 Å². The molecule has 4 rings (SSSR count). The fourth-order valence-corrected chi connectivity index (χ4v) is 3.10. The van der Waals surface area contributed by atoms with Crippen molar-refractivity contribution in [1.29, 1.82) is 0 Å². The number of nitrogens with one attached hydrogen (secondary N) is 1. The normalized spacial score (nSPS) is 11.2. The van der Waals surface area contributed by atoms with Crippen molar-refractivity contribution in [2.45, 2.75) is 6.18 Å². The van der Waals surface area contributed by atoms with E-state index >= 15 is 0 Å². The highest BCUT2D eigenvalue weighted by Gasteiger charge is 2.31. The first kappa shape index (κ1) is 21.0. The molecule has 0 saturated carbocycles. The van der Waals surface area contributed by atoms with Crippen molar-refractivity contribution in [2.75, 3.05) is 12.4 Å². The maximum Gasteiger partial charge on any atom is 0.416 e. The van der Waals surface area contributed by atoms with Gasteiger partial charge in [-0.1, -0.05) is 29.5 Å². The quantitative estimate of drug-likeness (QED) is 0.491. The molecule has 10 heteroatoms. The molecule has 0 saturated heterocycles. The van der Waals surface area contributed by atoms with Crippen molar-refractivity contribution in [3.63, 3.8) is 0 Å². The summed E-state index contributed by atoms with van der Waals surface area (Å²) in [6.07, 6.45) is -2.99. The van der Waals surface area contributed by atoms with Gasteiger partial charge in [0.25, 0.3) is 5.91 Å². The number of rotatable bonds is 5. The molecule has 2 heterocycles. The number of hydrogen-bond donors (Lipinski definition) is 1. The number of aromatic nitrogens is 4. The lowest BCUT2D eigenvalue weighted by molar-refractivity contribution is -0.137. The number of methoxy groups -OCH3 is 1. The lowest BCUT2D eigenvalue weighted by atomic mass is 10.1. The molecule has 0 atom stereocenters. The van der Waals surface area contributed by atoms with Gasteiger partial charge in [-0.3, -0.25) is 9.78 Å². The standard InChI is InChI=1S/C22H16F3N5O2/c1-32-18-11-3-2-10-17(18)30-20(16-9-4-5-12-26-16)19(28-29-30)21(31)27-15-8-6-7-14(13-15)22(23,24)25/h2-13H,1H3,(H,27,31). The van der Waals surface area contributed by atoms with Gasteiger partial charge >= 0.3 is 6.18 Å². The molecule has 0 aliphatic carbocycles. The number of anilines is 1. The molecule has 0 aliphatic rings. The Morgan fingerprint density at radius 1 is 1.03 bits per heavy atom. The molecule has 1 N–H and O–H groups in total. The number of alkyl halides is 3. The van der Waals surface area contributed by atoms with Crippen molar-refractivity contribution in [3.8, 4) is 22.8 Å². The average molecular weight is 439 g/mol. The summed E-state index contributed by atoms with van der Waals surface area (Å²) in [7, 11) is 1.50. The lowest BCUT2D eigenvalue weighted by Crippen LogP contribution is -2.15. The summed E-state index contributed by atoms with van der Waals surface area (Å²) in [5, 5.41) is 10.6. The van der Waals surface area contributed by atoms with Gasteiger partial charge in [0.15, 0.2) is 5.69 Å². The number of carbonyl (C=O) groups excluding carboxylic acids is 1. The Morgan fingerprint density at radius 2 is 1.81 bits per heavy atom. The molecule has 32 heavy (non-hydrogen) atoms. The van der Waals surface area contributed by atoms with E-state index < -0.39 is 17.6 Å². The molecule has 0 aliphatic heterocycles. The number of hydrogen-bond acceptors (Lipinski definition) is 5. The number of para-hydroxylation sites is 2. The highest BCUT2D eigenvalue weighted by atomic mass is 19.4. The molecule has 0 spiro atoms. The van der Waals surface area contributed by atoms with Crippen LogP contribution in [0.25, 0.3) is 17.1 Å². The number of benzene rings is 2. The number of halogens is 3. The summed E-state index contributed by atoms with van der Waals surface area (Å²) < 4.78 is 45.8. The van der Waals surface area contributed by atoms with E-state index in [0.717, 1.165) is 12.1 Å². The predicted molar refractivity (Wildman–Crippen MR) is 111 cm³/mol. The van der Waals surface area contributed by atoms with E-state index in [1.165, 1.54) is 23.9 Å². The number of nitrogens with zero attached hydrogens (tertiary/aromatic N) is 4. The SMILES string of the molecule is COc1ccccc1-n1nnc(C(=O)Nc2cccc(C(F)(F)F)c2)c1-c1ccccn1. The van der Waals surface area contributed by atoms with Crippen LogP contribution in [-0.2, 0) is 6.18 Å². The van der Waals surface area contributed by atoms with Crippen LogP contribution in [0.5, 0.6) is 5.75 Å². The van der Waals surface area contributed by atoms with E-state index in [-0.39, 0.29) is 17.1 Å². The topological polar surface area (TPSA) is 81.9 Å². The zero-order chi connectivity index (χ0) is 22.7. The van der Waals surface area contributed by atoms with E-state index in [0.29, 0.717) is 17.1 Å². The predicted octanol–water partition coefficient (Wildman–Crippen LogP) is 4.61. The van der Waals surface area contributed by atoms with Gasteiger partial charge in [0.2, 0.25) is 0 Å². The largest absolute Gasteiger partial charge is 0.494 e. The van der Waals surface area contributed by atoms with Crippen LogP contribution in [0.4, 0.5) is 18.9 Å². The Kier molecular flexibility index (Phi) is 5.59. The molecule has 0 radical (unpaired) electrons. The second-order valence-electron chi connectivity index (χ2n) is 6.62.